The topological polar surface area (TPSA) is 41.9 Å². The molecule has 0 N–H and O–H groups in total. The molecule has 0 radical (unpaired) electrons. The molecule has 0 bridgehead atoms. The Morgan fingerprint density at radius 3 is 2.59 bits per heavy atom. The van der Waals surface area contributed by atoms with Gasteiger partial charge in [-0.15, -0.1) is 0 Å². The summed E-state index contributed by atoms with van der Waals surface area (Å²) in [6.45, 7) is 1.94. The summed E-state index contributed by atoms with van der Waals surface area (Å²) in [5, 5.41) is 6.78. The van der Waals surface area contributed by atoms with Crippen LogP contribution in [0.25, 0.3) is 0 Å². The van der Waals surface area contributed by atoms with E-state index in [1.165, 1.54) is 0 Å². The third-order valence-electron chi connectivity index (χ3n) is 3.83. The third kappa shape index (κ3) is 2.22. The number of hydrogen-bond donors (Lipinski definition) is 0. The molecule has 1 aliphatic heterocycles. The number of rotatable bonds is 3. The molecule has 3 aromatic rings. The van der Waals surface area contributed by atoms with Gasteiger partial charge in [-0.05, 0) is 43.3 Å². The molecule has 0 fully saturated rings. The van der Waals surface area contributed by atoms with Crippen LogP contribution in [0.4, 0.5) is 5.69 Å². The summed E-state index contributed by atoms with van der Waals surface area (Å²) in [5.74, 6) is 2.63. The molecule has 4 heteroatoms. The van der Waals surface area contributed by atoms with Crippen molar-refractivity contribution < 1.29 is 8.83 Å². The van der Waals surface area contributed by atoms with Gasteiger partial charge in [-0.1, -0.05) is 18.2 Å². The first-order chi connectivity index (χ1) is 10.8. The molecule has 2 aromatic heterocycles. The first-order valence-corrected chi connectivity index (χ1v) is 7.33. The fourth-order valence-electron chi connectivity index (χ4n) is 2.77. The molecular formula is C18H16N2O2. The van der Waals surface area contributed by atoms with Crippen LogP contribution in [0.5, 0.6) is 0 Å². The van der Waals surface area contributed by atoms with Crippen molar-refractivity contribution in [1.82, 2.24) is 0 Å². The number of nitrogens with zero attached hydrogens (tertiary/aromatic N) is 2. The molecule has 0 saturated heterocycles. The van der Waals surface area contributed by atoms with Gasteiger partial charge >= 0.3 is 0 Å². The van der Waals surface area contributed by atoms with Gasteiger partial charge in [0.15, 0.2) is 0 Å². The monoisotopic (exact) mass is 292 g/mol. The maximum absolute atomic E-state index is 5.73. The van der Waals surface area contributed by atoms with Crippen molar-refractivity contribution in [3.8, 4) is 0 Å². The van der Waals surface area contributed by atoms with E-state index in [9.17, 15) is 0 Å². The van der Waals surface area contributed by atoms with Crippen LogP contribution in [-0.2, 0) is 0 Å². The van der Waals surface area contributed by atoms with Gasteiger partial charge in [0.05, 0.1) is 12.0 Å². The van der Waals surface area contributed by atoms with E-state index < -0.39 is 0 Å². The predicted octanol–water partition coefficient (Wildman–Crippen LogP) is 4.54. The second kappa shape index (κ2) is 5.22. The van der Waals surface area contributed by atoms with Crippen molar-refractivity contribution in [1.29, 1.82) is 0 Å². The molecule has 0 saturated carbocycles. The molecule has 22 heavy (non-hydrogen) atoms. The summed E-state index contributed by atoms with van der Waals surface area (Å²) in [4.78, 5) is 0. The Labute approximate surface area is 128 Å². The lowest BCUT2D eigenvalue weighted by atomic mass is 10.1. The van der Waals surface area contributed by atoms with Gasteiger partial charge < -0.3 is 8.83 Å². The minimum absolute atomic E-state index is 0.0535. The molecule has 1 aliphatic rings. The van der Waals surface area contributed by atoms with Crippen molar-refractivity contribution in [2.45, 2.75) is 19.4 Å². The Balaban J connectivity index is 1.74. The van der Waals surface area contributed by atoms with Crippen LogP contribution in [-0.4, -0.2) is 5.71 Å². The van der Waals surface area contributed by atoms with E-state index in [0.29, 0.717) is 0 Å². The molecule has 1 aromatic carbocycles. The Bertz CT molecular complexity index is 788. The quantitative estimate of drug-likeness (QED) is 0.712. The van der Waals surface area contributed by atoms with Gasteiger partial charge in [0.1, 0.15) is 29.0 Å². The fourth-order valence-corrected chi connectivity index (χ4v) is 2.77. The summed E-state index contributed by atoms with van der Waals surface area (Å²) >= 11 is 0. The zero-order chi connectivity index (χ0) is 14.9. The number of furan rings is 2. The molecular weight excluding hydrogens is 276 g/mol. The zero-order valence-electron chi connectivity index (χ0n) is 12.3. The number of hydrogen-bond acceptors (Lipinski definition) is 4. The number of para-hydroxylation sites is 1. The van der Waals surface area contributed by atoms with E-state index in [4.69, 9.17) is 13.9 Å². The van der Waals surface area contributed by atoms with Crippen LogP contribution in [0.15, 0.2) is 74.8 Å². The Hall–Kier alpha value is -2.75. The predicted molar refractivity (Wildman–Crippen MR) is 85.0 cm³/mol. The van der Waals surface area contributed by atoms with Gasteiger partial charge in [-0.2, -0.15) is 5.10 Å². The highest BCUT2D eigenvalue weighted by atomic mass is 16.3. The molecule has 1 unspecified atom stereocenters. The van der Waals surface area contributed by atoms with Gasteiger partial charge in [0.2, 0.25) is 0 Å². The summed E-state index contributed by atoms with van der Waals surface area (Å²) in [6.07, 6.45) is 2.46. The van der Waals surface area contributed by atoms with Crippen LogP contribution in [0.1, 0.15) is 29.7 Å². The van der Waals surface area contributed by atoms with Crippen molar-refractivity contribution >= 4 is 11.4 Å². The highest BCUT2D eigenvalue weighted by molar-refractivity contribution is 6.01. The van der Waals surface area contributed by atoms with Crippen molar-refractivity contribution in [3.63, 3.8) is 0 Å². The molecule has 0 spiro atoms. The van der Waals surface area contributed by atoms with E-state index >= 15 is 0 Å². The lowest BCUT2D eigenvalue weighted by molar-refractivity contribution is 0.464. The highest BCUT2D eigenvalue weighted by Gasteiger charge is 2.32. The first-order valence-electron chi connectivity index (χ1n) is 7.33. The number of anilines is 1. The van der Waals surface area contributed by atoms with E-state index in [1.807, 2.05) is 54.4 Å². The first kappa shape index (κ1) is 13.0. The number of benzene rings is 1. The summed E-state index contributed by atoms with van der Waals surface area (Å²) in [7, 11) is 0. The highest BCUT2D eigenvalue weighted by Crippen LogP contribution is 2.36. The van der Waals surface area contributed by atoms with Crippen LogP contribution >= 0.6 is 0 Å². The van der Waals surface area contributed by atoms with E-state index in [2.05, 4.69) is 12.1 Å². The van der Waals surface area contributed by atoms with Crippen LogP contribution < -0.4 is 5.01 Å². The Kier molecular flexibility index (Phi) is 3.07. The van der Waals surface area contributed by atoms with Crippen molar-refractivity contribution in [2.75, 3.05) is 5.01 Å². The van der Waals surface area contributed by atoms with E-state index in [-0.39, 0.29) is 6.04 Å². The van der Waals surface area contributed by atoms with Crippen LogP contribution in [0.3, 0.4) is 0 Å². The van der Waals surface area contributed by atoms with Gasteiger partial charge in [-0.25, -0.2) is 0 Å². The fraction of sp³-hybridized carbons (Fsp3) is 0.167. The lowest BCUT2D eigenvalue weighted by Crippen LogP contribution is -2.17. The molecule has 3 heterocycles. The normalized spacial score (nSPS) is 17.8. The number of aryl methyl sites for hydroxylation is 1. The maximum atomic E-state index is 5.73. The molecule has 0 amide bonds. The molecule has 1 atom stereocenters. The standard InChI is InChI=1S/C18H16N2O2/c1-13-9-10-17(22-13)15-12-16(18-8-5-11-21-18)20(19-15)14-6-3-2-4-7-14/h2-11,16H,12H2,1H3. The average Bonchev–Trinajstić information content (AvgIpc) is 3.27. The van der Waals surface area contributed by atoms with Crippen molar-refractivity contribution in [2.24, 2.45) is 5.10 Å². The largest absolute Gasteiger partial charge is 0.467 e. The summed E-state index contributed by atoms with van der Waals surface area (Å²) in [5.41, 5.74) is 1.99. The lowest BCUT2D eigenvalue weighted by Gasteiger charge is -2.21. The molecule has 4 nitrogen and oxygen atoms in total. The van der Waals surface area contributed by atoms with Crippen LogP contribution in [0.2, 0.25) is 0 Å². The molecule has 0 aliphatic carbocycles. The maximum Gasteiger partial charge on any atom is 0.150 e. The minimum Gasteiger partial charge on any atom is -0.467 e. The van der Waals surface area contributed by atoms with Gasteiger partial charge in [-0.3, -0.25) is 5.01 Å². The Morgan fingerprint density at radius 2 is 1.91 bits per heavy atom. The van der Waals surface area contributed by atoms with Crippen LogP contribution in [0, 0.1) is 6.92 Å². The third-order valence-corrected chi connectivity index (χ3v) is 3.83. The second-order valence-electron chi connectivity index (χ2n) is 5.37. The average molecular weight is 292 g/mol. The second-order valence-corrected chi connectivity index (χ2v) is 5.37. The van der Waals surface area contributed by atoms with Gasteiger partial charge in [0, 0.05) is 6.42 Å². The number of hydrazone groups is 1. The zero-order valence-corrected chi connectivity index (χ0v) is 12.3. The summed E-state index contributed by atoms with van der Waals surface area (Å²) < 4.78 is 11.3. The smallest absolute Gasteiger partial charge is 0.150 e. The Morgan fingerprint density at radius 1 is 1.05 bits per heavy atom. The molecule has 4 rings (SSSR count). The van der Waals surface area contributed by atoms with Gasteiger partial charge in [0.25, 0.3) is 0 Å². The van der Waals surface area contributed by atoms with Crippen molar-refractivity contribution in [3.05, 3.63) is 78.1 Å². The SMILES string of the molecule is Cc1ccc(C2=NN(c3ccccc3)C(c3ccco3)C2)o1. The minimum atomic E-state index is 0.0535. The van der Waals surface area contributed by atoms with E-state index in [1.54, 1.807) is 6.26 Å². The molecule has 110 valence electrons. The summed E-state index contributed by atoms with van der Waals surface area (Å²) in [6, 6.07) is 18.0. The van der Waals surface area contributed by atoms with E-state index in [0.717, 1.165) is 35.1 Å².